The van der Waals surface area contributed by atoms with E-state index >= 15 is 0 Å². The zero-order valence-electron chi connectivity index (χ0n) is 21.3. The maximum atomic E-state index is 13.7. The van der Waals surface area contributed by atoms with Crippen molar-refractivity contribution in [2.75, 3.05) is 6.54 Å². The fourth-order valence-electron chi connectivity index (χ4n) is 5.47. The molecule has 0 radical (unpaired) electrons. The van der Waals surface area contributed by atoms with Gasteiger partial charge in [-0.05, 0) is 35.4 Å². The van der Waals surface area contributed by atoms with Crippen molar-refractivity contribution in [3.8, 4) is 11.3 Å². The molecule has 0 fully saturated rings. The highest BCUT2D eigenvalue weighted by Crippen LogP contribution is 2.46. The first kappa shape index (κ1) is 24.2. The maximum Gasteiger partial charge on any atom is 0.269 e. The molecule has 3 amide bonds. The summed E-state index contributed by atoms with van der Waals surface area (Å²) in [6.45, 7) is -0.231. The van der Waals surface area contributed by atoms with Crippen molar-refractivity contribution in [1.29, 1.82) is 0 Å². The number of hydrogen-bond acceptors (Lipinski definition) is 3. The molecule has 4 aromatic carbocycles. The molecule has 2 heterocycles. The van der Waals surface area contributed by atoms with E-state index in [-0.39, 0.29) is 12.5 Å². The summed E-state index contributed by atoms with van der Waals surface area (Å²) >= 11 is 0. The van der Waals surface area contributed by atoms with Crippen LogP contribution in [0.1, 0.15) is 37.9 Å². The average Bonchev–Trinajstić information content (AvgIpc) is 3.42. The summed E-state index contributed by atoms with van der Waals surface area (Å²) in [6, 6.07) is 33.8. The molecular weight excluding hydrogens is 488 g/mol. The second kappa shape index (κ2) is 9.95. The Labute approximate surface area is 225 Å². The van der Waals surface area contributed by atoms with Crippen LogP contribution in [0.2, 0.25) is 0 Å². The zero-order chi connectivity index (χ0) is 26.9. The molecule has 0 bridgehead atoms. The van der Waals surface area contributed by atoms with Gasteiger partial charge in [0.1, 0.15) is 6.54 Å². The van der Waals surface area contributed by atoms with E-state index in [4.69, 9.17) is 0 Å². The molecular formula is C32H26N4O3. The predicted octanol–water partition coefficient (Wildman–Crippen LogP) is 4.85. The van der Waals surface area contributed by atoms with Gasteiger partial charge in [-0.2, -0.15) is 0 Å². The number of fused-ring (bicyclic) bond motifs is 2. The smallest absolute Gasteiger partial charge is 0.269 e. The van der Waals surface area contributed by atoms with Crippen molar-refractivity contribution in [1.82, 2.24) is 20.3 Å². The summed E-state index contributed by atoms with van der Waals surface area (Å²) in [4.78, 5) is 40.9. The Morgan fingerprint density at radius 2 is 1.41 bits per heavy atom. The van der Waals surface area contributed by atoms with E-state index in [1.807, 2.05) is 61.6 Å². The van der Waals surface area contributed by atoms with Gasteiger partial charge in [0, 0.05) is 34.6 Å². The van der Waals surface area contributed by atoms with Crippen molar-refractivity contribution < 1.29 is 14.4 Å². The molecule has 0 unspecified atom stereocenters. The van der Waals surface area contributed by atoms with E-state index in [2.05, 4.69) is 39.7 Å². The zero-order valence-corrected chi connectivity index (χ0v) is 21.3. The van der Waals surface area contributed by atoms with Gasteiger partial charge in [-0.25, -0.2) is 0 Å². The van der Waals surface area contributed by atoms with Crippen molar-refractivity contribution >= 4 is 28.6 Å². The van der Waals surface area contributed by atoms with Crippen LogP contribution in [0.25, 0.3) is 22.2 Å². The lowest BCUT2D eigenvalue weighted by Crippen LogP contribution is -2.47. The molecule has 1 aliphatic rings. The Morgan fingerprint density at radius 1 is 0.769 bits per heavy atom. The van der Waals surface area contributed by atoms with Crippen LogP contribution < -0.4 is 10.9 Å². The van der Waals surface area contributed by atoms with Gasteiger partial charge in [0.15, 0.2) is 0 Å². The van der Waals surface area contributed by atoms with Gasteiger partial charge in [0.25, 0.3) is 17.7 Å². The number of aryl methyl sites for hydroxylation is 1. The number of para-hydroxylation sites is 1. The van der Waals surface area contributed by atoms with Gasteiger partial charge in [-0.1, -0.05) is 84.9 Å². The number of benzene rings is 4. The fourth-order valence-corrected chi connectivity index (χ4v) is 5.47. The summed E-state index contributed by atoms with van der Waals surface area (Å²) < 4.78 is 2.14. The lowest BCUT2D eigenvalue weighted by atomic mass is 9.93. The van der Waals surface area contributed by atoms with E-state index in [1.54, 1.807) is 35.2 Å². The van der Waals surface area contributed by atoms with Crippen molar-refractivity contribution in [2.45, 2.75) is 6.04 Å². The molecule has 6 rings (SSSR count). The van der Waals surface area contributed by atoms with Crippen LogP contribution in [0.5, 0.6) is 0 Å². The third kappa shape index (κ3) is 4.24. The van der Waals surface area contributed by atoms with Crippen LogP contribution in [0.15, 0.2) is 109 Å². The lowest BCUT2D eigenvalue weighted by molar-refractivity contribution is -0.122. The highest BCUT2D eigenvalue weighted by atomic mass is 16.2. The Morgan fingerprint density at radius 3 is 2.18 bits per heavy atom. The molecule has 0 saturated heterocycles. The molecule has 1 aliphatic heterocycles. The molecule has 192 valence electrons. The first-order valence-electron chi connectivity index (χ1n) is 12.7. The highest BCUT2D eigenvalue weighted by Gasteiger charge is 2.41. The second-order valence-corrected chi connectivity index (χ2v) is 9.50. The van der Waals surface area contributed by atoms with Crippen LogP contribution >= 0.6 is 0 Å². The fraction of sp³-hybridized carbons (Fsp3) is 0.0938. The highest BCUT2D eigenvalue weighted by molar-refractivity contribution is 6.04. The standard InChI is InChI=1S/C32H26N4O3/c1-35-26-19-11-10-18-25(26)28(29(35)21-12-4-2-5-13-21)30-23-16-8-9-17-24(23)32(39)36(30)20-27(37)33-34-31(38)22-14-6-3-7-15-22/h2-19,30H,20H2,1H3,(H,33,37)(H,34,38)/t30-/m0/s1. The Hall–Kier alpha value is -5.17. The molecule has 5 aromatic rings. The van der Waals surface area contributed by atoms with E-state index in [0.29, 0.717) is 11.1 Å². The summed E-state index contributed by atoms with van der Waals surface area (Å²) in [7, 11) is 2.02. The van der Waals surface area contributed by atoms with Crippen LogP contribution in [-0.2, 0) is 11.8 Å². The first-order valence-corrected chi connectivity index (χ1v) is 12.7. The van der Waals surface area contributed by atoms with Crippen LogP contribution in [0, 0.1) is 0 Å². The lowest BCUT2D eigenvalue weighted by Gasteiger charge is -2.26. The van der Waals surface area contributed by atoms with Gasteiger partial charge in [0.2, 0.25) is 0 Å². The summed E-state index contributed by atoms with van der Waals surface area (Å²) in [6.07, 6.45) is 0. The first-order chi connectivity index (χ1) is 19.0. The van der Waals surface area contributed by atoms with E-state index < -0.39 is 17.9 Å². The number of hydrazine groups is 1. The molecule has 0 spiro atoms. The normalized spacial score (nSPS) is 14.3. The van der Waals surface area contributed by atoms with E-state index in [9.17, 15) is 14.4 Å². The van der Waals surface area contributed by atoms with Crippen LogP contribution in [0.3, 0.4) is 0 Å². The minimum Gasteiger partial charge on any atom is -0.343 e. The van der Waals surface area contributed by atoms with Crippen LogP contribution in [-0.4, -0.2) is 33.7 Å². The third-order valence-corrected chi connectivity index (χ3v) is 7.19. The molecule has 7 nitrogen and oxygen atoms in total. The minimum absolute atomic E-state index is 0.230. The number of nitrogens with zero attached hydrogens (tertiary/aromatic N) is 2. The van der Waals surface area contributed by atoms with E-state index in [1.165, 1.54) is 0 Å². The van der Waals surface area contributed by atoms with Crippen molar-refractivity contribution in [2.24, 2.45) is 7.05 Å². The molecule has 0 aliphatic carbocycles. The monoisotopic (exact) mass is 514 g/mol. The Balaban J connectivity index is 1.41. The summed E-state index contributed by atoms with van der Waals surface area (Å²) in [5.74, 6) is -1.16. The number of nitrogens with one attached hydrogen (secondary N) is 2. The minimum atomic E-state index is -0.495. The van der Waals surface area contributed by atoms with Gasteiger partial charge in [0.05, 0.1) is 11.7 Å². The SMILES string of the molecule is Cn1c(-c2ccccc2)c([C@@H]2c3ccccc3C(=O)N2CC(=O)NNC(=O)c2ccccc2)c2ccccc21. The molecule has 1 atom stereocenters. The number of rotatable bonds is 5. The van der Waals surface area contributed by atoms with Gasteiger partial charge in [-0.15, -0.1) is 0 Å². The average molecular weight is 515 g/mol. The second-order valence-electron chi connectivity index (χ2n) is 9.50. The maximum absolute atomic E-state index is 13.7. The molecule has 7 heteroatoms. The predicted molar refractivity (Wildman–Crippen MR) is 150 cm³/mol. The van der Waals surface area contributed by atoms with Gasteiger partial charge in [-0.3, -0.25) is 25.2 Å². The number of carbonyl (C=O) groups is 3. The number of aromatic nitrogens is 1. The largest absolute Gasteiger partial charge is 0.343 e. The van der Waals surface area contributed by atoms with E-state index in [0.717, 1.165) is 33.3 Å². The Bertz CT molecular complexity index is 1710. The molecule has 1 aromatic heterocycles. The molecule has 2 N–H and O–H groups in total. The van der Waals surface area contributed by atoms with Crippen molar-refractivity contribution in [3.63, 3.8) is 0 Å². The van der Waals surface area contributed by atoms with Crippen LogP contribution in [0.4, 0.5) is 0 Å². The number of amides is 3. The third-order valence-electron chi connectivity index (χ3n) is 7.19. The van der Waals surface area contributed by atoms with Gasteiger partial charge < -0.3 is 9.47 Å². The summed E-state index contributed by atoms with van der Waals surface area (Å²) in [5.41, 5.74) is 10.7. The molecule has 0 saturated carbocycles. The Kier molecular flexibility index (Phi) is 6.17. The topological polar surface area (TPSA) is 83.4 Å². The summed E-state index contributed by atoms with van der Waals surface area (Å²) in [5, 5.41) is 1.01. The quantitative estimate of drug-likeness (QED) is 0.329. The molecule has 39 heavy (non-hydrogen) atoms. The number of hydrogen-bond donors (Lipinski definition) is 2. The van der Waals surface area contributed by atoms with Gasteiger partial charge >= 0.3 is 0 Å². The van der Waals surface area contributed by atoms with Crippen molar-refractivity contribution in [3.05, 3.63) is 131 Å². The number of carbonyl (C=O) groups excluding carboxylic acids is 3.